The van der Waals surface area contributed by atoms with E-state index in [1.807, 2.05) is 24.3 Å². The minimum absolute atomic E-state index is 0.163. The highest BCUT2D eigenvalue weighted by molar-refractivity contribution is 9.10. The van der Waals surface area contributed by atoms with Crippen molar-refractivity contribution in [2.45, 2.75) is 13.5 Å². The summed E-state index contributed by atoms with van der Waals surface area (Å²) in [6.45, 7) is 2.77. The summed E-state index contributed by atoms with van der Waals surface area (Å²) in [5, 5.41) is 6.11. The number of benzene rings is 2. The van der Waals surface area contributed by atoms with Crippen molar-refractivity contribution in [2.75, 3.05) is 10.6 Å². The molecule has 0 aliphatic carbocycles. The highest BCUT2D eigenvalue weighted by Crippen LogP contribution is 2.15. The van der Waals surface area contributed by atoms with E-state index in [9.17, 15) is 4.79 Å². The zero-order chi connectivity index (χ0) is 17.6. The fraction of sp³-hybridized carbons (Fsp3) is 0.100. The van der Waals surface area contributed by atoms with E-state index in [-0.39, 0.29) is 5.91 Å². The first-order chi connectivity index (χ1) is 12.1. The van der Waals surface area contributed by atoms with Crippen molar-refractivity contribution < 1.29 is 4.79 Å². The Bertz CT molecular complexity index is 861. The number of halogens is 1. The van der Waals surface area contributed by atoms with Gasteiger partial charge in [0, 0.05) is 16.6 Å². The second-order valence-corrected chi connectivity index (χ2v) is 6.65. The zero-order valence-electron chi connectivity index (χ0n) is 13.8. The summed E-state index contributed by atoms with van der Waals surface area (Å²) < 4.78 is 0.869. The summed E-state index contributed by atoms with van der Waals surface area (Å²) in [4.78, 5) is 16.6. The normalized spacial score (nSPS) is 10.3. The van der Waals surface area contributed by atoms with Crippen LogP contribution in [-0.4, -0.2) is 10.9 Å². The molecule has 1 amide bonds. The fourth-order valence-corrected chi connectivity index (χ4v) is 2.70. The Hall–Kier alpha value is -2.66. The van der Waals surface area contributed by atoms with Gasteiger partial charge in [0.25, 0.3) is 5.91 Å². The van der Waals surface area contributed by atoms with Gasteiger partial charge in [-0.15, -0.1) is 0 Å². The molecular formula is C20H18BrN3O. The largest absolute Gasteiger partial charge is 0.366 e. The van der Waals surface area contributed by atoms with Gasteiger partial charge in [0.15, 0.2) is 0 Å². The van der Waals surface area contributed by atoms with Crippen molar-refractivity contribution in [1.82, 2.24) is 4.98 Å². The van der Waals surface area contributed by atoms with Crippen LogP contribution in [0.4, 0.5) is 11.5 Å². The number of pyridine rings is 1. The predicted octanol–water partition coefficient (Wildman–Crippen LogP) is 5.02. The predicted molar refractivity (Wildman–Crippen MR) is 105 cm³/mol. The summed E-state index contributed by atoms with van der Waals surface area (Å²) in [5.74, 6) is 0.601. The number of carbonyl (C=O) groups excluding carboxylic acids is 1. The molecule has 2 N–H and O–H groups in total. The van der Waals surface area contributed by atoms with Gasteiger partial charge in [-0.05, 0) is 42.8 Å². The second-order valence-electron chi connectivity index (χ2n) is 5.74. The van der Waals surface area contributed by atoms with Gasteiger partial charge in [0.1, 0.15) is 5.82 Å². The fourth-order valence-electron chi connectivity index (χ4n) is 2.30. The monoisotopic (exact) mass is 395 g/mol. The molecule has 3 aromatic rings. The highest BCUT2D eigenvalue weighted by atomic mass is 79.9. The Morgan fingerprint density at radius 1 is 1.08 bits per heavy atom. The number of nitrogens with zero attached hydrogens (tertiary/aromatic N) is 1. The van der Waals surface area contributed by atoms with Crippen LogP contribution in [0.25, 0.3) is 0 Å². The minimum atomic E-state index is -0.163. The Labute approximate surface area is 155 Å². The average Bonchev–Trinajstić information content (AvgIpc) is 2.62. The summed E-state index contributed by atoms with van der Waals surface area (Å²) in [7, 11) is 0. The third-order valence-electron chi connectivity index (χ3n) is 3.70. The number of nitrogens with one attached hydrogen (secondary N) is 2. The van der Waals surface area contributed by atoms with E-state index in [1.54, 1.807) is 18.3 Å². The molecule has 2 aromatic carbocycles. The van der Waals surface area contributed by atoms with Gasteiger partial charge in [0.05, 0.1) is 11.9 Å². The topological polar surface area (TPSA) is 54.0 Å². The molecule has 0 unspecified atom stereocenters. The SMILES string of the molecule is Cc1ccc(CNc2ccc(NC(=O)c3cccc(Br)c3)cn2)cc1. The lowest BCUT2D eigenvalue weighted by Gasteiger charge is -2.08. The lowest BCUT2D eigenvalue weighted by Crippen LogP contribution is -2.12. The molecule has 4 nitrogen and oxygen atoms in total. The van der Waals surface area contributed by atoms with Crippen LogP contribution in [-0.2, 0) is 6.54 Å². The van der Waals surface area contributed by atoms with E-state index in [0.29, 0.717) is 17.8 Å². The number of carbonyl (C=O) groups is 1. The molecule has 0 radical (unpaired) electrons. The summed E-state index contributed by atoms with van der Waals surface area (Å²) in [5.41, 5.74) is 3.69. The van der Waals surface area contributed by atoms with Crippen LogP contribution < -0.4 is 10.6 Å². The van der Waals surface area contributed by atoms with E-state index in [2.05, 4.69) is 62.7 Å². The Morgan fingerprint density at radius 3 is 2.56 bits per heavy atom. The molecule has 1 aromatic heterocycles. The lowest BCUT2D eigenvalue weighted by molar-refractivity contribution is 0.102. The van der Waals surface area contributed by atoms with Crippen LogP contribution >= 0.6 is 15.9 Å². The van der Waals surface area contributed by atoms with Crippen molar-refractivity contribution in [3.8, 4) is 0 Å². The first kappa shape index (κ1) is 17.2. The first-order valence-electron chi connectivity index (χ1n) is 7.92. The van der Waals surface area contributed by atoms with Gasteiger partial charge in [-0.25, -0.2) is 4.98 Å². The van der Waals surface area contributed by atoms with Crippen LogP contribution in [0.2, 0.25) is 0 Å². The lowest BCUT2D eigenvalue weighted by atomic mass is 10.1. The third-order valence-corrected chi connectivity index (χ3v) is 4.20. The number of aryl methyl sites for hydroxylation is 1. The molecule has 5 heteroatoms. The van der Waals surface area contributed by atoms with Gasteiger partial charge in [-0.2, -0.15) is 0 Å². The maximum Gasteiger partial charge on any atom is 0.255 e. The van der Waals surface area contributed by atoms with Crippen molar-refractivity contribution in [1.29, 1.82) is 0 Å². The molecule has 0 saturated heterocycles. The molecule has 126 valence electrons. The van der Waals surface area contributed by atoms with E-state index in [4.69, 9.17) is 0 Å². The minimum Gasteiger partial charge on any atom is -0.366 e. The van der Waals surface area contributed by atoms with Crippen molar-refractivity contribution >= 4 is 33.3 Å². The van der Waals surface area contributed by atoms with Crippen molar-refractivity contribution in [3.05, 3.63) is 88.0 Å². The van der Waals surface area contributed by atoms with E-state index >= 15 is 0 Å². The van der Waals surface area contributed by atoms with Crippen LogP contribution in [0.5, 0.6) is 0 Å². The average molecular weight is 396 g/mol. The molecule has 3 rings (SSSR count). The van der Waals surface area contributed by atoms with Gasteiger partial charge >= 0.3 is 0 Å². The van der Waals surface area contributed by atoms with Crippen LogP contribution in [0, 0.1) is 6.92 Å². The first-order valence-corrected chi connectivity index (χ1v) is 8.72. The summed E-state index contributed by atoms with van der Waals surface area (Å²) >= 11 is 3.37. The maximum absolute atomic E-state index is 12.2. The molecule has 0 aliphatic rings. The summed E-state index contributed by atoms with van der Waals surface area (Å²) in [6, 6.07) is 19.3. The molecule has 0 atom stereocenters. The van der Waals surface area contributed by atoms with E-state index in [0.717, 1.165) is 10.3 Å². The van der Waals surface area contributed by atoms with Crippen LogP contribution in [0.1, 0.15) is 21.5 Å². The van der Waals surface area contributed by atoms with Crippen molar-refractivity contribution in [3.63, 3.8) is 0 Å². The number of hydrogen-bond donors (Lipinski definition) is 2. The van der Waals surface area contributed by atoms with Gasteiger partial charge in [0.2, 0.25) is 0 Å². The van der Waals surface area contributed by atoms with Gasteiger partial charge in [-0.3, -0.25) is 4.79 Å². The summed E-state index contributed by atoms with van der Waals surface area (Å²) in [6.07, 6.45) is 1.65. The Morgan fingerprint density at radius 2 is 1.88 bits per heavy atom. The highest BCUT2D eigenvalue weighted by Gasteiger charge is 2.06. The molecule has 0 spiro atoms. The molecule has 0 saturated carbocycles. The third kappa shape index (κ3) is 4.90. The smallest absolute Gasteiger partial charge is 0.255 e. The standard InChI is InChI=1S/C20H18BrN3O/c1-14-5-7-15(8-6-14)12-22-19-10-9-18(13-23-19)24-20(25)16-3-2-4-17(21)11-16/h2-11,13H,12H2,1H3,(H,22,23)(H,24,25). The quantitative estimate of drug-likeness (QED) is 0.637. The molecule has 0 fully saturated rings. The number of aromatic nitrogens is 1. The molecule has 1 heterocycles. The number of rotatable bonds is 5. The maximum atomic E-state index is 12.2. The Kier molecular flexibility index (Phi) is 5.46. The van der Waals surface area contributed by atoms with Crippen molar-refractivity contribution in [2.24, 2.45) is 0 Å². The number of amides is 1. The molecular weight excluding hydrogens is 378 g/mol. The van der Waals surface area contributed by atoms with Gasteiger partial charge < -0.3 is 10.6 Å². The molecule has 0 bridgehead atoms. The second kappa shape index (κ2) is 7.94. The number of hydrogen-bond acceptors (Lipinski definition) is 3. The van der Waals surface area contributed by atoms with E-state index < -0.39 is 0 Å². The molecule has 0 aliphatic heterocycles. The zero-order valence-corrected chi connectivity index (χ0v) is 15.4. The molecule has 25 heavy (non-hydrogen) atoms. The van der Waals surface area contributed by atoms with Crippen LogP contribution in [0.3, 0.4) is 0 Å². The van der Waals surface area contributed by atoms with Crippen LogP contribution in [0.15, 0.2) is 71.3 Å². The van der Waals surface area contributed by atoms with Gasteiger partial charge in [-0.1, -0.05) is 51.8 Å². The number of anilines is 2. The Balaban J connectivity index is 1.58. The van der Waals surface area contributed by atoms with E-state index in [1.165, 1.54) is 11.1 Å².